The maximum Gasteiger partial charge on any atom is 0.225 e. The largest absolute Gasteiger partial charge is 0.386 e. The fourth-order valence-corrected chi connectivity index (χ4v) is 3.48. The van der Waals surface area contributed by atoms with Crippen LogP contribution in [0.4, 0.5) is 5.95 Å². The lowest BCUT2D eigenvalue weighted by Gasteiger charge is -2.39. The molecule has 0 saturated carbocycles. The summed E-state index contributed by atoms with van der Waals surface area (Å²) in [5.74, 6) is 0.560. The van der Waals surface area contributed by atoms with Crippen molar-refractivity contribution in [2.45, 2.75) is 24.9 Å². The first-order valence-corrected chi connectivity index (χ1v) is 8.56. The Hall–Kier alpha value is -1.99. The van der Waals surface area contributed by atoms with Crippen LogP contribution in [0.1, 0.15) is 17.7 Å². The number of nitrogens with zero attached hydrogens (tertiary/aromatic N) is 3. The number of carbonyl (C=O) groups is 1. The second-order valence-corrected chi connectivity index (χ2v) is 6.86. The second kappa shape index (κ2) is 7.06. The fraction of sp³-hybridized carbons (Fsp3) is 0.438. The van der Waals surface area contributed by atoms with E-state index in [2.05, 4.69) is 15.3 Å². The summed E-state index contributed by atoms with van der Waals surface area (Å²) in [5, 5.41) is 15.6. The molecule has 0 aromatic carbocycles. The van der Waals surface area contributed by atoms with E-state index in [1.807, 2.05) is 22.4 Å². The monoisotopic (exact) mass is 332 g/mol. The lowest BCUT2D eigenvalue weighted by atomic mass is 9.93. The van der Waals surface area contributed by atoms with Crippen LogP contribution in [-0.2, 0) is 11.2 Å². The number of thiophene rings is 1. The van der Waals surface area contributed by atoms with Gasteiger partial charge in [-0.15, -0.1) is 11.3 Å². The molecule has 2 N–H and O–H groups in total. The number of hydrogen-bond acceptors (Lipinski definition) is 6. The second-order valence-electron chi connectivity index (χ2n) is 5.83. The summed E-state index contributed by atoms with van der Waals surface area (Å²) >= 11 is 1.56. The summed E-state index contributed by atoms with van der Waals surface area (Å²) in [6.07, 6.45) is 5.25. The zero-order valence-corrected chi connectivity index (χ0v) is 13.6. The van der Waals surface area contributed by atoms with Gasteiger partial charge in [0.05, 0.1) is 18.6 Å². The predicted octanol–water partition coefficient (Wildman–Crippen LogP) is 1.23. The molecular formula is C16H20N4O2S. The number of aliphatic hydroxyl groups is 1. The van der Waals surface area contributed by atoms with E-state index in [4.69, 9.17) is 0 Å². The number of β-amino-alcohol motifs (C(OH)–C–C–N with tert-alkyl or cyclic N) is 1. The molecule has 2 aromatic heterocycles. The van der Waals surface area contributed by atoms with Gasteiger partial charge in [0.1, 0.15) is 0 Å². The van der Waals surface area contributed by atoms with Crippen LogP contribution in [0.15, 0.2) is 36.0 Å². The summed E-state index contributed by atoms with van der Waals surface area (Å²) < 4.78 is 0. The standard InChI is InChI=1S/C16H20N4O2S/c21-14(10-13-4-1-9-23-13)19-11-16(22)5-2-8-20(12-16)15-17-6-3-7-18-15/h1,3-4,6-7,9,22H,2,5,8,10-12H2,(H,19,21)/t16-/m0/s1. The molecule has 0 unspecified atom stereocenters. The molecule has 0 radical (unpaired) electrons. The minimum absolute atomic E-state index is 0.0611. The molecule has 1 aliphatic rings. The Labute approximate surface area is 139 Å². The molecule has 1 aliphatic heterocycles. The third kappa shape index (κ3) is 4.27. The first kappa shape index (κ1) is 15.9. The van der Waals surface area contributed by atoms with E-state index >= 15 is 0 Å². The third-order valence-corrected chi connectivity index (χ3v) is 4.80. The zero-order valence-electron chi connectivity index (χ0n) is 12.8. The van der Waals surface area contributed by atoms with E-state index in [1.54, 1.807) is 29.8 Å². The summed E-state index contributed by atoms with van der Waals surface area (Å²) in [6, 6.07) is 5.64. The molecule has 2 aromatic rings. The Kier molecular flexibility index (Phi) is 4.88. The number of carbonyl (C=O) groups excluding carboxylic acids is 1. The molecule has 3 rings (SSSR count). The van der Waals surface area contributed by atoms with Crippen molar-refractivity contribution in [1.82, 2.24) is 15.3 Å². The van der Waals surface area contributed by atoms with E-state index < -0.39 is 5.60 Å². The number of nitrogens with one attached hydrogen (secondary N) is 1. The Morgan fingerprint density at radius 3 is 2.96 bits per heavy atom. The van der Waals surface area contributed by atoms with Crippen molar-refractivity contribution in [2.75, 3.05) is 24.5 Å². The molecule has 1 amide bonds. The molecule has 122 valence electrons. The van der Waals surface area contributed by atoms with Crippen molar-refractivity contribution in [3.8, 4) is 0 Å². The maximum atomic E-state index is 12.0. The quantitative estimate of drug-likeness (QED) is 0.861. The number of rotatable bonds is 5. The number of piperidine rings is 1. The van der Waals surface area contributed by atoms with Gasteiger partial charge < -0.3 is 15.3 Å². The van der Waals surface area contributed by atoms with Gasteiger partial charge in [-0.2, -0.15) is 0 Å². The van der Waals surface area contributed by atoms with E-state index in [1.165, 1.54) is 0 Å². The van der Waals surface area contributed by atoms with Gasteiger partial charge in [-0.1, -0.05) is 6.07 Å². The molecule has 7 heteroatoms. The first-order valence-electron chi connectivity index (χ1n) is 7.68. The topological polar surface area (TPSA) is 78.4 Å². The van der Waals surface area contributed by atoms with Crippen LogP contribution >= 0.6 is 11.3 Å². The Morgan fingerprint density at radius 1 is 1.39 bits per heavy atom. The molecule has 6 nitrogen and oxygen atoms in total. The SMILES string of the molecule is O=C(Cc1cccs1)NC[C@@]1(O)CCCN(c2ncccn2)C1. The van der Waals surface area contributed by atoms with Gasteiger partial charge in [0.2, 0.25) is 11.9 Å². The molecule has 1 fully saturated rings. The molecular weight excluding hydrogens is 312 g/mol. The van der Waals surface area contributed by atoms with Crippen LogP contribution in [0.25, 0.3) is 0 Å². The van der Waals surface area contributed by atoms with E-state index in [9.17, 15) is 9.90 Å². The Bertz CT molecular complexity index is 635. The van der Waals surface area contributed by atoms with Gasteiger partial charge in [-0.3, -0.25) is 4.79 Å². The molecule has 0 aliphatic carbocycles. The molecule has 0 spiro atoms. The molecule has 23 heavy (non-hydrogen) atoms. The minimum Gasteiger partial charge on any atom is -0.386 e. The number of hydrogen-bond donors (Lipinski definition) is 2. The van der Waals surface area contributed by atoms with Gasteiger partial charge in [0, 0.05) is 30.4 Å². The Morgan fingerprint density at radius 2 is 2.22 bits per heavy atom. The fourth-order valence-electron chi connectivity index (χ4n) is 2.78. The average Bonchev–Trinajstić information content (AvgIpc) is 3.07. The molecule has 1 atom stereocenters. The highest BCUT2D eigenvalue weighted by molar-refractivity contribution is 7.10. The van der Waals surface area contributed by atoms with Crippen LogP contribution in [0.5, 0.6) is 0 Å². The highest BCUT2D eigenvalue weighted by Gasteiger charge is 2.34. The van der Waals surface area contributed by atoms with Gasteiger partial charge in [0.15, 0.2) is 0 Å². The first-order chi connectivity index (χ1) is 11.1. The average molecular weight is 332 g/mol. The minimum atomic E-state index is -0.942. The van der Waals surface area contributed by atoms with Crippen molar-refractivity contribution >= 4 is 23.2 Å². The van der Waals surface area contributed by atoms with Crippen molar-refractivity contribution in [3.05, 3.63) is 40.8 Å². The van der Waals surface area contributed by atoms with Gasteiger partial charge in [0.25, 0.3) is 0 Å². The van der Waals surface area contributed by atoms with Crippen LogP contribution in [0, 0.1) is 0 Å². The number of aromatic nitrogens is 2. The van der Waals surface area contributed by atoms with Crippen molar-refractivity contribution in [2.24, 2.45) is 0 Å². The molecule has 1 saturated heterocycles. The number of amides is 1. The zero-order chi connectivity index (χ0) is 16.1. The lowest BCUT2D eigenvalue weighted by Crippen LogP contribution is -2.54. The highest BCUT2D eigenvalue weighted by Crippen LogP contribution is 2.23. The summed E-state index contributed by atoms with van der Waals surface area (Å²) in [7, 11) is 0. The van der Waals surface area contributed by atoms with Crippen molar-refractivity contribution in [3.63, 3.8) is 0 Å². The van der Waals surface area contributed by atoms with Crippen molar-refractivity contribution in [1.29, 1.82) is 0 Å². The van der Waals surface area contributed by atoms with E-state index in [-0.39, 0.29) is 12.5 Å². The van der Waals surface area contributed by atoms with Crippen LogP contribution in [-0.4, -0.2) is 46.2 Å². The van der Waals surface area contributed by atoms with Crippen LogP contribution < -0.4 is 10.2 Å². The molecule has 0 bridgehead atoms. The summed E-state index contributed by atoms with van der Waals surface area (Å²) in [6.45, 7) is 1.49. The van der Waals surface area contributed by atoms with E-state index in [0.29, 0.717) is 25.3 Å². The van der Waals surface area contributed by atoms with Crippen LogP contribution in [0.3, 0.4) is 0 Å². The molecule has 3 heterocycles. The maximum absolute atomic E-state index is 12.0. The lowest BCUT2D eigenvalue weighted by molar-refractivity contribution is -0.121. The summed E-state index contributed by atoms with van der Waals surface area (Å²) in [4.78, 5) is 23.4. The smallest absolute Gasteiger partial charge is 0.225 e. The Balaban J connectivity index is 1.55. The van der Waals surface area contributed by atoms with Gasteiger partial charge in [-0.25, -0.2) is 9.97 Å². The highest BCUT2D eigenvalue weighted by atomic mass is 32.1. The van der Waals surface area contributed by atoms with Gasteiger partial charge in [-0.05, 0) is 30.4 Å². The predicted molar refractivity (Wildman–Crippen MR) is 89.5 cm³/mol. The van der Waals surface area contributed by atoms with Gasteiger partial charge >= 0.3 is 0 Å². The van der Waals surface area contributed by atoms with Crippen LogP contribution in [0.2, 0.25) is 0 Å². The summed E-state index contributed by atoms with van der Waals surface area (Å²) in [5.41, 5.74) is -0.942. The normalized spacial score (nSPS) is 21.2. The van der Waals surface area contributed by atoms with E-state index in [0.717, 1.165) is 17.8 Å². The van der Waals surface area contributed by atoms with Crippen molar-refractivity contribution < 1.29 is 9.90 Å². The number of anilines is 1. The third-order valence-electron chi connectivity index (χ3n) is 3.92.